The molecule has 4 nitrogen and oxygen atoms in total. The van der Waals surface area contributed by atoms with Crippen LogP contribution in [0.15, 0.2) is 24.3 Å². The van der Waals surface area contributed by atoms with Crippen LogP contribution >= 0.6 is 0 Å². The van der Waals surface area contributed by atoms with Gasteiger partial charge in [-0.15, -0.1) is 0 Å². The van der Waals surface area contributed by atoms with E-state index in [0.29, 0.717) is 11.4 Å². The fourth-order valence-electron chi connectivity index (χ4n) is 1.13. The number of hydrogen-bond donors (Lipinski definition) is 3. The van der Waals surface area contributed by atoms with Crippen LogP contribution in [-0.4, -0.2) is 42.5 Å². The molecule has 0 aromatic heterocycles. The first-order chi connectivity index (χ1) is 8.11. The van der Waals surface area contributed by atoms with Crippen molar-refractivity contribution in [2.24, 2.45) is 0 Å². The average Bonchev–Trinajstić information content (AvgIpc) is 2.34. The van der Waals surface area contributed by atoms with Gasteiger partial charge in [-0.25, -0.2) is 8.78 Å². The molecule has 0 aliphatic heterocycles. The molecule has 0 heterocycles. The molecule has 3 N–H and O–H groups in total. The molecule has 0 fully saturated rings. The third-order valence-corrected chi connectivity index (χ3v) is 1.98. The fraction of sp³-hybridized carbons (Fsp3) is 0.455. The van der Waals surface area contributed by atoms with Crippen LogP contribution in [0, 0.1) is 0 Å². The molecule has 0 aliphatic carbocycles. The van der Waals surface area contributed by atoms with E-state index in [-0.39, 0.29) is 13.2 Å². The van der Waals surface area contributed by atoms with E-state index >= 15 is 0 Å². The molecule has 1 rings (SSSR count). The van der Waals surface area contributed by atoms with Crippen LogP contribution < -0.4 is 10.1 Å². The maximum atomic E-state index is 11.9. The van der Waals surface area contributed by atoms with E-state index in [1.165, 1.54) is 0 Å². The van der Waals surface area contributed by atoms with Gasteiger partial charge in [0.15, 0.2) is 0 Å². The molecule has 1 unspecified atom stereocenters. The summed E-state index contributed by atoms with van der Waals surface area (Å²) < 4.78 is 28.5. The molecule has 17 heavy (non-hydrogen) atoms. The second-order valence-corrected chi connectivity index (χ2v) is 3.44. The second-order valence-electron chi connectivity index (χ2n) is 3.44. The lowest BCUT2D eigenvalue weighted by Crippen LogP contribution is -2.22. The molecule has 0 spiro atoms. The van der Waals surface area contributed by atoms with Crippen LogP contribution in [0.1, 0.15) is 0 Å². The summed E-state index contributed by atoms with van der Waals surface area (Å²) in [4.78, 5) is 0. The van der Waals surface area contributed by atoms with Crippen molar-refractivity contribution in [1.82, 2.24) is 0 Å². The predicted octanol–water partition coefficient (Wildman–Crippen LogP) is 1.10. The van der Waals surface area contributed by atoms with E-state index < -0.39 is 19.1 Å². The van der Waals surface area contributed by atoms with E-state index in [1.807, 2.05) is 0 Å². The largest absolute Gasteiger partial charge is 0.488 e. The van der Waals surface area contributed by atoms with E-state index in [0.717, 1.165) is 0 Å². The van der Waals surface area contributed by atoms with E-state index in [2.05, 4.69) is 5.32 Å². The number of ether oxygens (including phenoxy) is 1. The normalized spacial score (nSPS) is 12.5. The molecule has 6 heteroatoms. The summed E-state index contributed by atoms with van der Waals surface area (Å²) in [6, 6.07) is 6.39. The van der Waals surface area contributed by atoms with Gasteiger partial charge < -0.3 is 20.3 Å². The van der Waals surface area contributed by atoms with Crippen LogP contribution in [0.3, 0.4) is 0 Å². The van der Waals surface area contributed by atoms with Crippen LogP contribution in [0.5, 0.6) is 5.75 Å². The first-order valence-electron chi connectivity index (χ1n) is 5.15. The van der Waals surface area contributed by atoms with Gasteiger partial charge in [0.25, 0.3) is 6.43 Å². The molecule has 0 amide bonds. The highest BCUT2D eigenvalue weighted by molar-refractivity contribution is 5.46. The minimum absolute atomic E-state index is 0.216. The predicted molar refractivity (Wildman–Crippen MR) is 59.5 cm³/mol. The van der Waals surface area contributed by atoms with Gasteiger partial charge in [0, 0.05) is 12.2 Å². The number of aliphatic hydroxyl groups is 2. The summed E-state index contributed by atoms with van der Waals surface area (Å²) in [6.45, 7) is -0.730. The van der Waals surface area contributed by atoms with Crippen molar-refractivity contribution < 1.29 is 23.7 Å². The molecule has 0 radical (unpaired) electrons. The molecule has 96 valence electrons. The zero-order chi connectivity index (χ0) is 12.7. The Kier molecular flexibility index (Phi) is 5.65. The summed E-state index contributed by atoms with van der Waals surface area (Å²) in [5.74, 6) is 0.360. The van der Waals surface area contributed by atoms with Crippen molar-refractivity contribution in [2.45, 2.75) is 12.5 Å². The Morgan fingerprint density at radius 2 is 1.88 bits per heavy atom. The molecule has 1 aromatic carbocycles. The van der Waals surface area contributed by atoms with E-state index in [9.17, 15) is 8.78 Å². The van der Waals surface area contributed by atoms with Crippen LogP contribution in [-0.2, 0) is 0 Å². The number of benzene rings is 1. The molecule has 1 atom stereocenters. The smallest absolute Gasteiger partial charge is 0.272 e. The van der Waals surface area contributed by atoms with E-state index in [4.69, 9.17) is 14.9 Å². The summed E-state index contributed by atoms with van der Waals surface area (Å²) in [5, 5.41) is 20.6. The Hall–Kier alpha value is -1.40. The molecular weight excluding hydrogens is 232 g/mol. The molecular formula is C11H15F2NO3. The second kappa shape index (κ2) is 7.03. The number of rotatable bonds is 7. The first-order valence-corrected chi connectivity index (χ1v) is 5.15. The number of aliphatic hydroxyl groups excluding tert-OH is 2. The van der Waals surface area contributed by atoms with Crippen molar-refractivity contribution in [2.75, 3.05) is 25.1 Å². The Balaban J connectivity index is 2.39. The van der Waals surface area contributed by atoms with Gasteiger partial charge in [0.2, 0.25) is 0 Å². The Morgan fingerprint density at radius 3 is 2.41 bits per heavy atom. The van der Waals surface area contributed by atoms with Crippen LogP contribution in [0.25, 0.3) is 0 Å². The van der Waals surface area contributed by atoms with Crippen LogP contribution in [0.2, 0.25) is 0 Å². The lowest BCUT2D eigenvalue weighted by molar-refractivity contribution is 0.0819. The quantitative estimate of drug-likeness (QED) is 0.675. The van der Waals surface area contributed by atoms with Crippen molar-refractivity contribution >= 4 is 5.69 Å². The third-order valence-electron chi connectivity index (χ3n) is 1.98. The van der Waals surface area contributed by atoms with Gasteiger partial charge in [-0.05, 0) is 24.3 Å². The minimum atomic E-state index is -2.49. The van der Waals surface area contributed by atoms with Gasteiger partial charge in [-0.2, -0.15) is 0 Å². The van der Waals surface area contributed by atoms with Gasteiger partial charge in [0.1, 0.15) is 12.4 Å². The third kappa shape index (κ3) is 5.46. The molecule has 0 saturated carbocycles. The topological polar surface area (TPSA) is 61.7 Å². The average molecular weight is 247 g/mol. The number of hydrogen-bond acceptors (Lipinski definition) is 4. The monoisotopic (exact) mass is 247 g/mol. The van der Waals surface area contributed by atoms with Gasteiger partial charge in [-0.1, -0.05) is 0 Å². The van der Waals surface area contributed by atoms with E-state index in [1.54, 1.807) is 24.3 Å². The van der Waals surface area contributed by atoms with Gasteiger partial charge in [0.05, 0.1) is 12.7 Å². The van der Waals surface area contributed by atoms with Gasteiger partial charge >= 0.3 is 0 Å². The summed E-state index contributed by atoms with van der Waals surface area (Å²) in [6.07, 6.45) is -3.32. The lowest BCUT2D eigenvalue weighted by atomic mass is 10.3. The summed E-state index contributed by atoms with van der Waals surface area (Å²) >= 11 is 0. The maximum Gasteiger partial charge on any atom is 0.272 e. The molecule has 1 aromatic rings. The zero-order valence-corrected chi connectivity index (χ0v) is 9.14. The van der Waals surface area contributed by atoms with Crippen LogP contribution in [0.4, 0.5) is 14.5 Å². The van der Waals surface area contributed by atoms with Crippen molar-refractivity contribution in [1.29, 1.82) is 0 Å². The Morgan fingerprint density at radius 1 is 1.24 bits per heavy atom. The summed E-state index contributed by atoms with van der Waals surface area (Å²) in [7, 11) is 0. The highest BCUT2D eigenvalue weighted by Gasteiger charge is 2.04. The Labute approximate surface area is 97.8 Å². The molecule has 0 bridgehead atoms. The molecule has 0 aliphatic rings. The highest BCUT2D eigenvalue weighted by atomic mass is 19.3. The standard InChI is InChI=1S/C11H15F2NO3/c12-11(13)7-17-10-3-1-8(2-4-10)14-5-9(16)6-15/h1-4,9,11,14-16H,5-7H2. The van der Waals surface area contributed by atoms with Gasteiger partial charge in [-0.3, -0.25) is 0 Å². The number of nitrogens with one attached hydrogen (secondary N) is 1. The minimum Gasteiger partial charge on any atom is -0.488 e. The lowest BCUT2D eigenvalue weighted by Gasteiger charge is -2.11. The number of anilines is 1. The van der Waals surface area contributed by atoms with Crippen molar-refractivity contribution in [3.63, 3.8) is 0 Å². The fourth-order valence-corrected chi connectivity index (χ4v) is 1.13. The van der Waals surface area contributed by atoms with Crippen molar-refractivity contribution in [3.8, 4) is 5.75 Å². The highest BCUT2D eigenvalue weighted by Crippen LogP contribution is 2.16. The Bertz CT molecular complexity index is 319. The molecule has 0 saturated heterocycles. The number of alkyl halides is 2. The summed E-state index contributed by atoms with van der Waals surface area (Å²) in [5.41, 5.74) is 0.710. The SMILES string of the molecule is OCC(O)CNc1ccc(OCC(F)F)cc1. The maximum absolute atomic E-state index is 11.9. The first kappa shape index (κ1) is 13.7. The zero-order valence-electron chi connectivity index (χ0n) is 9.14. The van der Waals surface area contributed by atoms with Crippen molar-refractivity contribution in [3.05, 3.63) is 24.3 Å². The number of halogens is 2.